The molecule has 10 aromatic rings. The minimum Gasteiger partial charge on any atom is -0.309 e. The van der Waals surface area contributed by atoms with Crippen molar-refractivity contribution < 1.29 is 0 Å². The average molecular weight is 689 g/mol. The first kappa shape index (κ1) is 29.9. The van der Waals surface area contributed by atoms with Gasteiger partial charge in [-0.15, -0.1) is 0 Å². The van der Waals surface area contributed by atoms with Gasteiger partial charge >= 0.3 is 0 Å². The Balaban J connectivity index is 1.22. The summed E-state index contributed by atoms with van der Waals surface area (Å²) >= 11 is 0. The van der Waals surface area contributed by atoms with E-state index in [1.54, 1.807) is 0 Å². The van der Waals surface area contributed by atoms with Crippen molar-refractivity contribution in [1.29, 1.82) is 0 Å². The first-order valence-electron chi connectivity index (χ1n) is 19.0. The molecular formula is C52H36N2. The summed E-state index contributed by atoms with van der Waals surface area (Å²) in [5.41, 5.74) is 17.4. The number of hydrogen-bond acceptors (Lipinski definition) is 0. The third kappa shape index (κ3) is 3.56. The van der Waals surface area contributed by atoms with Crippen LogP contribution in [0.3, 0.4) is 0 Å². The SMILES string of the molecule is CC1(C)c2ccccc2C2(c3ccccc3-n3c4ccccc4c4cccc2c43)c2cccc(-c3ccc4c(c3)c3ccccc3n4-c3ccccc3)c21. The molecule has 254 valence electrons. The Kier molecular flexibility index (Phi) is 5.81. The number of aromatic nitrogens is 2. The summed E-state index contributed by atoms with van der Waals surface area (Å²) in [4.78, 5) is 0. The molecule has 0 amide bonds. The maximum atomic E-state index is 2.53. The highest BCUT2D eigenvalue weighted by atomic mass is 15.0. The molecule has 12 rings (SSSR count). The number of para-hydroxylation sites is 5. The van der Waals surface area contributed by atoms with Crippen LogP contribution in [0.25, 0.3) is 66.1 Å². The van der Waals surface area contributed by atoms with Crippen LogP contribution in [0.1, 0.15) is 47.2 Å². The fourth-order valence-electron chi connectivity index (χ4n) is 10.7. The molecule has 0 bridgehead atoms. The van der Waals surface area contributed by atoms with Crippen molar-refractivity contribution in [2.75, 3.05) is 0 Å². The Hall–Kier alpha value is -6.64. The molecule has 2 aromatic heterocycles. The van der Waals surface area contributed by atoms with Crippen LogP contribution in [0.2, 0.25) is 0 Å². The van der Waals surface area contributed by atoms with Gasteiger partial charge in [-0.05, 0) is 87.0 Å². The number of nitrogens with zero attached hydrogens (tertiary/aromatic N) is 2. The van der Waals surface area contributed by atoms with Gasteiger partial charge in [-0.2, -0.15) is 0 Å². The maximum absolute atomic E-state index is 2.53. The molecule has 0 fully saturated rings. The van der Waals surface area contributed by atoms with Crippen LogP contribution in [0.4, 0.5) is 0 Å². The molecule has 1 atom stereocenters. The minimum absolute atomic E-state index is 0.270. The second kappa shape index (κ2) is 10.5. The van der Waals surface area contributed by atoms with Gasteiger partial charge in [0.2, 0.25) is 0 Å². The van der Waals surface area contributed by atoms with Gasteiger partial charge in [0.1, 0.15) is 0 Å². The van der Waals surface area contributed by atoms with Crippen molar-refractivity contribution in [2.24, 2.45) is 0 Å². The Morgan fingerprint density at radius 1 is 0.389 bits per heavy atom. The van der Waals surface area contributed by atoms with Crippen molar-refractivity contribution in [3.8, 4) is 22.5 Å². The molecule has 0 N–H and O–H groups in total. The molecule has 1 aliphatic heterocycles. The number of hydrogen-bond donors (Lipinski definition) is 0. The summed E-state index contributed by atoms with van der Waals surface area (Å²) in [6.07, 6.45) is 0. The predicted octanol–water partition coefficient (Wildman–Crippen LogP) is 12.9. The van der Waals surface area contributed by atoms with Gasteiger partial charge in [0.05, 0.1) is 33.2 Å². The van der Waals surface area contributed by atoms with Crippen LogP contribution < -0.4 is 0 Å². The Labute approximate surface area is 314 Å². The van der Waals surface area contributed by atoms with E-state index < -0.39 is 5.41 Å². The Morgan fingerprint density at radius 2 is 0.963 bits per heavy atom. The second-order valence-electron chi connectivity index (χ2n) is 15.6. The van der Waals surface area contributed by atoms with Gasteiger partial charge in [-0.25, -0.2) is 0 Å². The molecule has 0 saturated heterocycles. The fraction of sp³-hybridized carbons (Fsp3) is 0.0769. The van der Waals surface area contributed by atoms with E-state index in [1.807, 2.05) is 0 Å². The lowest BCUT2D eigenvalue weighted by Gasteiger charge is -2.50. The van der Waals surface area contributed by atoms with E-state index in [1.165, 1.54) is 99.5 Å². The lowest BCUT2D eigenvalue weighted by Crippen LogP contribution is -2.44. The zero-order valence-electron chi connectivity index (χ0n) is 30.2. The van der Waals surface area contributed by atoms with Crippen LogP contribution in [0, 0.1) is 0 Å². The predicted molar refractivity (Wildman–Crippen MR) is 225 cm³/mol. The van der Waals surface area contributed by atoms with Gasteiger partial charge in [0.25, 0.3) is 0 Å². The quantitative estimate of drug-likeness (QED) is 0.171. The number of rotatable bonds is 2. The third-order valence-corrected chi connectivity index (χ3v) is 12.7. The Bertz CT molecular complexity index is 3190. The van der Waals surface area contributed by atoms with E-state index in [9.17, 15) is 0 Å². The fourth-order valence-corrected chi connectivity index (χ4v) is 10.7. The first-order chi connectivity index (χ1) is 26.6. The zero-order valence-corrected chi connectivity index (χ0v) is 30.2. The van der Waals surface area contributed by atoms with E-state index in [2.05, 4.69) is 205 Å². The molecule has 8 aromatic carbocycles. The highest BCUT2D eigenvalue weighted by molar-refractivity contribution is 6.13. The van der Waals surface area contributed by atoms with Crippen LogP contribution in [-0.2, 0) is 10.8 Å². The highest BCUT2D eigenvalue weighted by Gasteiger charge is 2.53. The van der Waals surface area contributed by atoms with Crippen molar-refractivity contribution in [1.82, 2.24) is 9.13 Å². The molecule has 2 nitrogen and oxygen atoms in total. The summed E-state index contributed by atoms with van der Waals surface area (Å²) < 4.78 is 4.94. The normalized spacial score (nSPS) is 16.6. The average Bonchev–Trinajstić information content (AvgIpc) is 3.75. The lowest BCUT2D eigenvalue weighted by atomic mass is 9.52. The third-order valence-electron chi connectivity index (χ3n) is 12.7. The molecule has 1 spiro atoms. The van der Waals surface area contributed by atoms with Crippen LogP contribution in [0.15, 0.2) is 182 Å². The second-order valence-corrected chi connectivity index (χ2v) is 15.6. The van der Waals surface area contributed by atoms with Gasteiger partial charge in [0, 0.05) is 32.6 Å². The lowest BCUT2D eigenvalue weighted by molar-refractivity contribution is 0.558. The van der Waals surface area contributed by atoms with Gasteiger partial charge in [-0.3, -0.25) is 0 Å². The molecule has 3 heterocycles. The summed E-state index contributed by atoms with van der Waals surface area (Å²) in [5.74, 6) is 0. The van der Waals surface area contributed by atoms with Gasteiger partial charge in [-0.1, -0.05) is 153 Å². The van der Waals surface area contributed by atoms with Gasteiger partial charge in [0.15, 0.2) is 0 Å². The van der Waals surface area contributed by atoms with Crippen LogP contribution in [0.5, 0.6) is 0 Å². The number of benzene rings is 8. The van der Waals surface area contributed by atoms with E-state index >= 15 is 0 Å². The smallest absolute Gasteiger partial charge is 0.0748 e. The largest absolute Gasteiger partial charge is 0.309 e. The molecule has 0 saturated carbocycles. The molecule has 0 radical (unpaired) electrons. The van der Waals surface area contributed by atoms with E-state index in [-0.39, 0.29) is 5.41 Å². The van der Waals surface area contributed by atoms with Crippen molar-refractivity contribution in [2.45, 2.75) is 24.7 Å². The molecule has 2 heteroatoms. The molecule has 54 heavy (non-hydrogen) atoms. The van der Waals surface area contributed by atoms with E-state index in [0.717, 1.165) is 0 Å². The summed E-state index contributed by atoms with van der Waals surface area (Å²) in [5, 5.41) is 5.13. The van der Waals surface area contributed by atoms with E-state index in [0.29, 0.717) is 0 Å². The molecule has 2 aliphatic rings. The minimum atomic E-state index is -0.522. The zero-order chi connectivity index (χ0) is 35.8. The standard InChI is InChI=1S/C52H36N2/c1-51(2)40-22-8-9-23-41(40)52(42-24-10-13-29-48(42)54-46-28-12-6-18-36(46)38-21-15-26-44(52)50(38)54)43-25-14-20-35(49(43)51)33-30-31-47-39(32-33)37-19-7-11-27-45(37)53(47)34-16-4-3-5-17-34/h3-32H,1-2H3. The van der Waals surface area contributed by atoms with E-state index in [4.69, 9.17) is 0 Å². The maximum Gasteiger partial charge on any atom is 0.0748 e. The van der Waals surface area contributed by atoms with Crippen LogP contribution in [-0.4, -0.2) is 9.13 Å². The number of fused-ring (bicyclic) bond motifs is 14. The monoisotopic (exact) mass is 688 g/mol. The van der Waals surface area contributed by atoms with Gasteiger partial charge < -0.3 is 9.13 Å². The topological polar surface area (TPSA) is 9.86 Å². The summed E-state index contributed by atoms with van der Waals surface area (Å²) in [6.45, 7) is 4.88. The van der Waals surface area contributed by atoms with Crippen LogP contribution >= 0.6 is 0 Å². The summed E-state index contributed by atoms with van der Waals surface area (Å²) in [6, 6.07) is 68.2. The van der Waals surface area contributed by atoms with Crippen molar-refractivity contribution in [3.63, 3.8) is 0 Å². The van der Waals surface area contributed by atoms with Crippen molar-refractivity contribution >= 4 is 43.6 Å². The molecular weight excluding hydrogens is 653 g/mol. The first-order valence-corrected chi connectivity index (χ1v) is 19.0. The van der Waals surface area contributed by atoms with Crippen molar-refractivity contribution in [3.05, 3.63) is 215 Å². The Morgan fingerprint density at radius 3 is 1.78 bits per heavy atom. The highest BCUT2D eigenvalue weighted by Crippen LogP contribution is 2.61. The molecule has 1 unspecified atom stereocenters. The molecule has 1 aliphatic carbocycles. The summed E-state index contributed by atoms with van der Waals surface area (Å²) in [7, 11) is 0.